The standard InChI is InChI=1S/C25H17F4NO3S2/c1-32-20-10-9-15(11-21(20)33-14-16-5-2-3-8-19(16)26)12-22-23(31)30(24(34)35-22)18-7-4-6-17(13-18)25(27,28)29/h2-13H,14H2,1H3/b22-12+. The van der Waals surface area contributed by atoms with Gasteiger partial charge in [-0.15, -0.1) is 0 Å². The van der Waals surface area contributed by atoms with Crippen molar-refractivity contribution in [3.63, 3.8) is 0 Å². The van der Waals surface area contributed by atoms with Gasteiger partial charge in [0.2, 0.25) is 0 Å². The molecule has 3 aromatic rings. The van der Waals surface area contributed by atoms with Gasteiger partial charge in [0, 0.05) is 5.56 Å². The number of methoxy groups -OCH3 is 1. The predicted molar refractivity (Wildman–Crippen MR) is 131 cm³/mol. The van der Waals surface area contributed by atoms with Gasteiger partial charge in [0.25, 0.3) is 5.91 Å². The third-order valence-corrected chi connectivity index (χ3v) is 6.35. The Labute approximate surface area is 208 Å². The van der Waals surface area contributed by atoms with Crippen LogP contribution >= 0.6 is 24.0 Å². The quantitative estimate of drug-likeness (QED) is 0.203. The van der Waals surface area contributed by atoms with E-state index in [4.69, 9.17) is 21.7 Å². The number of alkyl halides is 3. The maximum atomic E-state index is 13.9. The van der Waals surface area contributed by atoms with Crippen molar-refractivity contribution in [3.05, 3.63) is 94.1 Å². The summed E-state index contributed by atoms with van der Waals surface area (Å²) in [5, 5.41) is 0. The number of thioether (sulfide) groups is 1. The minimum atomic E-state index is -4.55. The SMILES string of the molecule is COc1ccc(/C=C2/SC(=S)N(c3cccc(C(F)(F)F)c3)C2=O)cc1OCc1ccccc1F. The lowest BCUT2D eigenvalue weighted by atomic mass is 10.1. The lowest BCUT2D eigenvalue weighted by Crippen LogP contribution is -2.27. The average Bonchev–Trinajstić information content (AvgIpc) is 3.10. The molecule has 0 spiro atoms. The number of carbonyl (C=O) groups excluding carboxylic acids is 1. The predicted octanol–water partition coefficient (Wildman–Crippen LogP) is 6.84. The minimum absolute atomic E-state index is 0.0365. The molecule has 1 aliphatic rings. The number of ether oxygens (including phenoxy) is 2. The highest BCUT2D eigenvalue weighted by Crippen LogP contribution is 2.39. The minimum Gasteiger partial charge on any atom is -0.493 e. The van der Waals surface area contributed by atoms with Crippen molar-refractivity contribution in [2.75, 3.05) is 12.0 Å². The van der Waals surface area contributed by atoms with Crippen LogP contribution in [0.1, 0.15) is 16.7 Å². The average molecular weight is 520 g/mol. The maximum absolute atomic E-state index is 13.9. The molecule has 180 valence electrons. The Morgan fingerprint density at radius 2 is 1.80 bits per heavy atom. The number of hydrogen-bond donors (Lipinski definition) is 0. The maximum Gasteiger partial charge on any atom is 0.416 e. The largest absolute Gasteiger partial charge is 0.493 e. The fraction of sp³-hybridized carbons (Fsp3) is 0.120. The first-order valence-corrected chi connectivity index (χ1v) is 11.4. The Morgan fingerprint density at radius 1 is 1.03 bits per heavy atom. The topological polar surface area (TPSA) is 38.8 Å². The van der Waals surface area contributed by atoms with Crippen molar-refractivity contribution < 1.29 is 31.8 Å². The normalized spacial score (nSPS) is 15.1. The summed E-state index contributed by atoms with van der Waals surface area (Å²) in [6.07, 6.45) is -2.99. The van der Waals surface area contributed by atoms with Crippen molar-refractivity contribution in [2.45, 2.75) is 12.8 Å². The van der Waals surface area contributed by atoms with E-state index in [2.05, 4.69) is 0 Å². The first kappa shape index (κ1) is 24.7. The summed E-state index contributed by atoms with van der Waals surface area (Å²) in [6.45, 7) is -0.0376. The molecular weight excluding hydrogens is 502 g/mol. The highest BCUT2D eigenvalue weighted by Gasteiger charge is 2.36. The van der Waals surface area contributed by atoms with Gasteiger partial charge in [-0.05, 0) is 48.0 Å². The molecule has 10 heteroatoms. The van der Waals surface area contributed by atoms with Gasteiger partial charge in [-0.25, -0.2) is 4.39 Å². The van der Waals surface area contributed by atoms with E-state index < -0.39 is 23.5 Å². The van der Waals surface area contributed by atoms with E-state index in [1.807, 2.05) is 0 Å². The number of thiocarbonyl (C=S) groups is 1. The summed E-state index contributed by atoms with van der Waals surface area (Å²) in [5.41, 5.74) is 0.0926. The molecule has 0 unspecified atom stereocenters. The number of anilines is 1. The number of carbonyl (C=O) groups is 1. The molecule has 0 atom stereocenters. The van der Waals surface area contributed by atoms with Crippen LogP contribution in [0, 0.1) is 5.82 Å². The molecule has 1 saturated heterocycles. The van der Waals surface area contributed by atoms with Gasteiger partial charge in [-0.3, -0.25) is 9.69 Å². The molecule has 0 bridgehead atoms. The summed E-state index contributed by atoms with van der Waals surface area (Å²) in [6, 6.07) is 15.6. The van der Waals surface area contributed by atoms with Crippen molar-refractivity contribution in [2.24, 2.45) is 0 Å². The molecule has 0 saturated carbocycles. The highest BCUT2D eigenvalue weighted by molar-refractivity contribution is 8.27. The highest BCUT2D eigenvalue weighted by atomic mass is 32.2. The number of amides is 1. The Bertz CT molecular complexity index is 1320. The smallest absolute Gasteiger partial charge is 0.416 e. The zero-order chi connectivity index (χ0) is 25.2. The fourth-order valence-corrected chi connectivity index (χ4v) is 4.63. The van der Waals surface area contributed by atoms with Gasteiger partial charge >= 0.3 is 6.18 Å². The molecule has 0 aromatic heterocycles. The van der Waals surface area contributed by atoms with Crippen LogP contribution in [0.3, 0.4) is 0 Å². The number of nitrogens with zero attached hydrogens (tertiary/aromatic N) is 1. The van der Waals surface area contributed by atoms with Crippen molar-refractivity contribution in [3.8, 4) is 11.5 Å². The Morgan fingerprint density at radius 3 is 2.51 bits per heavy atom. The van der Waals surface area contributed by atoms with E-state index in [0.29, 0.717) is 22.6 Å². The van der Waals surface area contributed by atoms with E-state index in [0.717, 1.165) is 28.8 Å². The van der Waals surface area contributed by atoms with Crippen molar-refractivity contribution in [1.82, 2.24) is 0 Å². The summed E-state index contributed by atoms with van der Waals surface area (Å²) < 4.78 is 64.4. The van der Waals surface area contributed by atoms with Gasteiger partial charge in [-0.2, -0.15) is 13.2 Å². The van der Waals surface area contributed by atoms with Gasteiger partial charge in [0.05, 0.1) is 23.3 Å². The molecule has 3 aromatic carbocycles. The van der Waals surface area contributed by atoms with E-state index in [-0.39, 0.29) is 21.5 Å². The molecule has 35 heavy (non-hydrogen) atoms. The van der Waals surface area contributed by atoms with E-state index in [1.54, 1.807) is 42.5 Å². The first-order valence-electron chi connectivity index (χ1n) is 10.2. The Hall–Kier alpha value is -3.37. The van der Waals surface area contributed by atoms with Gasteiger partial charge in [0.15, 0.2) is 15.8 Å². The molecule has 0 radical (unpaired) electrons. The van der Waals surface area contributed by atoms with Crippen LogP contribution in [0.5, 0.6) is 11.5 Å². The molecule has 1 amide bonds. The lowest BCUT2D eigenvalue weighted by molar-refractivity contribution is -0.137. The lowest BCUT2D eigenvalue weighted by Gasteiger charge is -2.16. The number of benzene rings is 3. The molecule has 4 rings (SSSR count). The van der Waals surface area contributed by atoms with Gasteiger partial charge in [0.1, 0.15) is 12.4 Å². The monoisotopic (exact) mass is 519 g/mol. The van der Waals surface area contributed by atoms with Crippen LogP contribution in [-0.2, 0) is 17.6 Å². The van der Waals surface area contributed by atoms with Crippen LogP contribution in [0.2, 0.25) is 0 Å². The molecule has 4 nitrogen and oxygen atoms in total. The number of halogens is 4. The zero-order valence-corrected chi connectivity index (χ0v) is 19.8. The Kier molecular flexibility index (Phi) is 7.13. The molecule has 1 aliphatic heterocycles. The van der Waals surface area contributed by atoms with Crippen LogP contribution in [0.25, 0.3) is 6.08 Å². The van der Waals surface area contributed by atoms with Crippen LogP contribution in [0.15, 0.2) is 71.6 Å². The van der Waals surface area contributed by atoms with Crippen molar-refractivity contribution >= 4 is 46.0 Å². The summed E-state index contributed by atoms with van der Waals surface area (Å²) in [7, 11) is 1.46. The second-order valence-electron chi connectivity index (χ2n) is 7.36. The third kappa shape index (κ3) is 5.49. The van der Waals surface area contributed by atoms with E-state index in [1.165, 1.54) is 25.3 Å². The number of hydrogen-bond acceptors (Lipinski definition) is 5. The second-order valence-corrected chi connectivity index (χ2v) is 9.03. The molecular formula is C25H17F4NO3S2. The van der Waals surface area contributed by atoms with Crippen molar-refractivity contribution in [1.29, 1.82) is 0 Å². The van der Waals surface area contributed by atoms with Crippen LogP contribution in [0.4, 0.5) is 23.2 Å². The van der Waals surface area contributed by atoms with Crippen LogP contribution < -0.4 is 14.4 Å². The molecule has 1 fully saturated rings. The summed E-state index contributed by atoms with van der Waals surface area (Å²) in [4.78, 5) is 14.3. The van der Waals surface area contributed by atoms with E-state index in [9.17, 15) is 22.4 Å². The molecule has 0 N–H and O–H groups in total. The molecule has 0 aliphatic carbocycles. The van der Waals surface area contributed by atoms with Crippen LogP contribution in [-0.4, -0.2) is 17.3 Å². The van der Waals surface area contributed by atoms with E-state index >= 15 is 0 Å². The first-order chi connectivity index (χ1) is 16.7. The summed E-state index contributed by atoms with van der Waals surface area (Å²) in [5.74, 6) is -0.197. The Balaban J connectivity index is 1.59. The fourth-order valence-electron chi connectivity index (χ4n) is 3.33. The third-order valence-electron chi connectivity index (χ3n) is 5.05. The molecule has 1 heterocycles. The van der Waals surface area contributed by atoms with Gasteiger partial charge < -0.3 is 9.47 Å². The second kappa shape index (κ2) is 10.1. The zero-order valence-electron chi connectivity index (χ0n) is 18.1. The summed E-state index contributed by atoms with van der Waals surface area (Å²) >= 11 is 6.25. The van der Waals surface area contributed by atoms with Gasteiger partial charge in [-0.1, -0.05) is 54.3 Å². The number of rotatable bonds is 6.